The van der Waals surface area contributed by atoms with E-state index in [1.807, 2.05) is 19.0 Å². The average molecular weight is 179 g/mol. The van der Waals surface area contributed by atoms with Gasteiger partial charge in [0.05, 0.1) is 12.3 Å². The van der Waals surface area contributed by atoms with Crippen LogP contribution >= 0.6 is 11.6 Å². The van der Waals surface area contributed by atoms with E-state index in [0.29, 0.717) is 6.61 Å². The Morgan fingerprint density at radius 3 is 2.73 bits per heavy atom. The number of rotatable bonds is 3. The third-order valence-corrected chi connectivity index (χ3v) is 2.01. The van der Waals surface area contributed by atoms with Crippen LogP contribution in [0.1, 0.15) is 13.3 Å². The van der Waals surface area contributed by atoms with Crippen molar-refractivity contribution in [2.45, 2.75) is 19.0 Å². The molecule has 1 aliphatic rings. The summed E-state index contributed by atoms with van der Waals surface area (Å²) in [5.41, 5.74) is 2.33. The van der Waals surface area contributed by atoms with Crippen LogP contribution in [0.15, 0.2) is 0 Å². The number of hydrogen-bond donors (Lipinski definition) is 1. The van der Waals surface area contributed by atoms with E-state index in [4.69, 9.17) is 11.6 Å². The molecule has 11 heavy (non-hydrogen) atoms. The second kappa shape index (κ2) is 2.97. The molecule has 1 fully saturated rings. The van der Waals surface area contributed by atoms with E-state index in [1.54, 1.807) is 0 Å². The van der Waals surface area contributed by atoms with Crippen LogP contribution in [0.4, 0.5) is 4.79 Å². The molecule has 0 amide bonds. The molecule has 1 N–H and O–H groups in total. The maximum atomic E-state index is 10.1. The minimum Gasteiger partial charge on any atom is -0.454 e. The van der Waals surface area contributed by atoms with Gasteiger partial charge in [0.25, 0.3) is 0 Å². The summed E-state index contributed by atoms with van der Waals surface area (Å²) in [5.74, 6) is 0. The van der Waals surface area contributed by atoms with Gasteiger partial charge in [0.1, 0.15) is 0 Å². The Labute approximate surface area is 70.4 Å². The lowest BCUT2D eigenvalue weighted by Gasteiger charge is -2.05. The average Bonchev–Trinajstić information content (AvgIpc) is 2.39. The highest BCUT2D eigenvalue weighted by Crippen LogP contribution is 2.25. The molecule has 0 aliphatic carbocycles. The molecule has 0 radical (unpaired) electrons. The summed E-state index contributed by atoms with van der Waals surface area (Å²) in [4.78, 5) is 10.1. The Bertz CT molecular complexity index is 176. The van der Waals surface area contributed by atoms with Crippen molar-refractivity contribution in [2.24, 2.45) is 0 Å². The van der Waals surface area contributed by atoms with Gasteiger partial charge in [0.2, 0.25) is 0 Å². The summed E-state index contributed by atoms with van der Waals surface area (Å²) in [6, 6.07) is 0. The first-order valence-electron chi connectivity index (χ1n) is 3.38. The van der Waals surface area contributed by atoms with Crippen LogP contribution in [0, 0.1) is 0 Å². The molecule has 2 atom stereocenters. The number of carbonyl (C=O) groups is 1. The first kappa shape index (κ1) is 8.77. The predicted octanol–water partition coefficient (Wildman–Crippen LogP) is 0.918. The van der Waals surface area contributed by atoms with E-state index >= 15 is 0 Å². The molecule has 1 heterocycles. The zero-order valence-corrected chi connectivity index (χ0v) is 7.31. The number of nitrogens with one attached hydrogen (secondary N) is 1. The molecule has 0 aromatic heterocycles. The largest absolute Gasteiger partial charge is 0.454 e. The molecule has 1 saturated heterocycles. The fourth-order valence-electron chi connectivity index (χ4n) is 0.890. The van der Waals surface area contributed by atoms with Crippen LogP contribution in [0.5, 0.6) is 0 Å². The molecule has 5 heteroatoms. The SMILES string of the molecule is CN1NC1(C)CCOC(=O)Cl. The van der Waals surface area contributed by atoms with Gasteiger partial charge < -0.3 is 4.74 Å². The summed E-state index contributed by atoms with van der Waals surface area (Å²) in [6.45, 7) is 2.38. The number of carbonyl (C=O) groups excluding carboxylic acids is 1. The van der Waals surface area contributed by atoms with Crippen molar-refractivity contribution in [2.75, 3.05) is 13.7 Å². The van der Waals surface area contributed by atoms with Gasteiger partial charge in [-0.2, -0.15) is 0 Å². The standard InChI is InChI=1S/C6H11ClN2O2/c1-6(8-9(6)2)3-4-11-5(7)10/h8H,3-4H2,1-2H3. The van der Waals surface area contributed by atoms with Crippen molar-refractivity contribution in [3.05, 3.63) is 0 Å². The van der Waals surface area contributed by atoms with Crippen LogP contribution in [-0.4, -0.2) is 29.8 Å². The van der Waals surface area contributed by atoms with E-state index in [0.717, 1.165) is 6.42 Å². The third kappa shape index (κ3) is 2.32. The van der Waals surface area contributed by atoms with Gasteiger partial charge in [0.15, 0.2) is 0 Å². The number of ether oxygens (including phenoxy) is 1. The zero-order chi connectivity index (χ0) is 8.48. The monoisotopic (exact) mass is 178 g/mol. The lowest BCUT2D eigenvalue weighted by Crippen LogP contribution is -2.16. The Morgan fingerprint density at radius 1 is 1.82 bits per heavy atom. The van der Waals surface area contributed by atoms with Gasteiger partial charge in [0, 0.05) is 25.1 Å². The van der Waals surface area contributed by atoms with Crippen molar-refractivity contribution in [1.82, 2.24) is 10.4 Å². The Balaban J connectivity index is 2.09. The molecular formula is C6H11ClN2O2. The number of hydrogen-bond acceptors (Lipinski definition) is 4. The Hall–Kier alpha value is -0.320. The van der Waals surface area contributed by atoms with Gasteiger partial charge in [-0.15, -0.1) is 0 Å². The molecule has 1 aliphatic heterocycles. The van der Waals surface area contributed by atoms with E-state index in [-0.39, 0.29) is 5.66 Å². The quantitative estimate of drug-likeness (QED) is 0.516. The third-order valence-electron chi connectivity index (χ3n) is 1.90. The fourth-order valence-corrected chi connectivity index (χ4v) is 0.967. The van der Waals surface area contributed by atoms with E-state index in [2.05, 4.69) is 10.2 Å². The van der Waals surface area contributed by atoms with Gasteiger partial charge in [-0.25, -0.2) is 15.2 Å². The number of nitrogens with zero attached hydrogens (tertiary/aromatic N) is 1. The molecule has 0 saturated carbocycles. The molecular weight excluding hydrogens is 168 g/mol. The fraction of sp³-hybridized carbons (Fsp3) is 0.833. The lowest BCUT2D eigenvalue weighted by molar-refractivity contribution is 0.165. The number of hydrazine groups is 1. The minimum absolute atomic E-state index is 0.00760. The Kier molecular flexibility index (Phi) is 2.37. The first-order valence-corrected chi connectivity index (χ1v) is 3.76. The maximum absolute atomic E-state index is 10.1. The highest BCUT2D eigenvalue weighted by Gasteiger charge is 2.43. The molecule has 0 bridgehead atoms. The summed E-state index contributed by atoms with van der Waals surface area (Å²) in [5, 5.41) is 1.95. The molecule has 0 aromatic carbocycles. The zero-order valence-electron chi connectivity index (χ0n) is 6.56. The summed E-state index contributed by atoms with van der Waals surface area (Å²) < 4.78 is 4.57. The maximum Gasteiger partial charge on any atom is 0.403 e. The Morgan fingerprint density at radius 2 is 2.36 bits per heavy atom. The highest BCUT2D eigenvalue weighted by atomic mass is 35.5. The second-order valence-corrected chi connectivity index (χ2v) is 3.09. The molecule has 2 unspecified atom stereocenters. The predicted molar refractivity (Wildman–Crippen MR) is 41.1 cm³/mol. The first-order chi connectivity index (χ1) is 5.04. The molecule has 4 nitrogen and oxygen atoms in total. The molecule has 64 valence electrons. The minimum atomic E-state index is -0.739. The van der Waals surface area contributed by atoms with E-state index in [1.165, 1.54) is 0 Å². The van der Waals surface area contributed by atoms with Gasteiger partial charge in [-0.3, -0.25) is 0 Å². The van der Waals surface area contributed by atoms with E-state index in [9.17, 15) is 4.79 Å². The van der Waals surface area contributed by atoms with E-state index < -0.39 is 5.43 Å². The lowest BCUT2D eigenvalue weighted by atomic mass is 10.2. The van der Waals surface area contributed by atoms with Gasteiger partial charge in [-0.05, 0) is 6.92 Å². The van der Waals surface area contributed by atoms with Crippen molar-refractivity contribution in [1.29, 1.82) is 0 Å². The van der Waals surface area contributed by atoms with Crippen LogP contribution in [-0.2, 0) is 4.74 Å². The number of halogens is 1. The van der Waals surface area contributed by atoms with Gasteiger partial charge >= 0.3 is 5.43 Å². The van der Waals surface area contributed by atoms with Crippen LogP contribution in [0.25, 0.3) is 0 Å². The van der Waals surface area contributed by atoms with Crippen molar-refractivity contribution in [3.63, 3.8) is 0 Å². The van der Waals surface area contributed by atoms with Crippen molar-refractivity contribution < 1.29 is 9.53 Å². The highest BCUT2D eigenvalue weighted by molar-refractivity contribution is 6.61. The molecule has 0 aromatic rings. The van der Waals surface area contributed by atoms with Crippen molar-refractivity contribution >= 4 is 17.0 Å². The normalized spacial score (nSPS) is 35.0. The summed E-state index contributed by atoms with van der Waals surface area (Å²) in [7, 11) is 1.93. The smallest absolute Gasteiger partial charge is 0.403 e. The molecule has 1 rings (SSSR count). The topological polar surface area (TPSA) is 51.3 Å². The second-order valence-electron chi connectivity index (χ2n) is 2.78. The molecule has 0 spiro atoms. The van der Waals surface area contributed by atoms with Crippen molar-refractivity contribution in [3.8, 4) is 0 Å². The summed E-state index contributed by atoms with van der Waals surface area (Å²) in [6.07, 6.45) is 0.752. The summed E-state index contributed by atoms with van der Waals surface area (Å²) >= 11 is 4.97. The van der Waals surface area contributed by atoms with Crippen LogP contribution in [0.3, 0.4) is 0 Å². The van der Waals surface area contributed by atoms with Crippen LogP contribution in [0.2, 0.25) is 0 Å². The van der Waals surface area contributed by atoms with Gasteiger partial charge in [-0.1, -0.05) is 0 Å². The van der Waals surface area contributed by atoms with Crippen LogP contribution < -0.4 is 5.43 Å².